The average molecular weight is 250 g/mol. The van der Waals surface area contributed by atoms with E-state index in [4.69, 9.17) is 5.11 Å². The molecule has 0 aromatic rings. The molecule has 0 bridgehead atoms. The fourth-order valence-electron chi connectivity index (χ4n) is 1.94. The predicted molar refractivity (Wildman–Crippen MR) is 59.9 cm³/mol. The lowest BCUT2D eigenvalue weighted by Crippen LogP contribution is -2.53. The van der Waals surface area contributed by atoms with Crippen molar-refractivity contribution in [2.45, 2.75) is 44.8 Å². The van der Waals surface area contributed by atoms with Gasteiger partial charge in [0.2, 0.25) is 5.91 Å². The van der Waals surface area contributed by atoms with Gasteiger partial charge in [0.05, 0.1) is 12.6 Å². The number of likely N-dealkylation sites (tertiary alicyclic amines) is 1. The van der Waals surface area contributed by atoms with Gasteiger partial charge in [-0.1, -0.05) is 6.92 Å². The van der Waals surface area contributed by atoms with Crippen molar-refractivity contribution in [2.24, 2.45) is 0 Å². The zero-order valence-electron chi connectivity index (χ0n) is 10.0. The Morgan fingerprint density at radius 1 is 1.59 bits per heavy atom. The van der Waals surface area contributed by atoms with Crippen molar-refractivity contribution < 1.29 is 18.7 Å². The second-order valence-electron chi connectivity index (χ2n) is 4.33. The predicted octanol–water partition coefficient (Wildman–Crippen LogP) is 0.603. The van der Waals surface area contributed by atoms with Crippen LogP contribution in [0.5, 0.6) is 0 Å². The van der Waals surface area contributed by atoms with Crippen molar-refractivity contribution in [1.82, 2.24) is 10.2 Å². The standard InChI is InChI=1S/C11H20F2N2O2/c1-2-5-14-8-4-3-6-15(11(8)17)7-9(16)10(12)13/h8-10,14,16H,2-7H2,1H3. The number of rotatable bonds is 6. The summed E-state index contributed by atoms with van der Waals surface area (Å²) in [5.41, 5.74) is 0. The molecule has 100 valence electrons. The molecule has 2 unspecified atom stereocenters. The highest BCUT2D eigenvalue weighted by Crippen LogP contribution is 2.14. The van der Waals surface area contributed by atoms with E-state index in [0.717, 1.165) is 25.8 Å². The molecule has 1 fully saturated rings. The Hall–Kier alpha value is -0.750. The first kappa shape index (κ1) is 14.3. The van der Waals surface area contributed by atoms with Gasteiger partial charge in [-0.3, -0.25) is 4.79 Å². The summed E-state index contributed by atoms with van der Waals surface area (Å²) >= 11 is 0. The number of nitrogens with zero attached hydrogens (tertiary/aromatic N) is 1. The molecule has 1 heterocycles. The van der Waals surface area contributed by atoms with Crippen molar-refractivity contribution in [3.63, 3.8) is 0 Å². The maximum absolute atomic E-state index is 12.2. The van der Waals surface area contributed by atoms with Crippen molar-refractivity contribution in [3.05, 3.63) is 0 Å². The van der Waals surface area contributed by atoms with Crippen LogP contribution < -0.4 is 5.32 Å². The van der Waals surface area contributed by atoms with E-state index >= 15 is 0 Å². The van der Waals surface area contributed by atoms with Gasteiger partial charge in [-0.2, -0.15) is 0 Å². The van der Waals surface area contributed by atoms with Crippen LogP contribution in [0.2, 0.25) is 0 Å². The summed E-state index contributed by atoms with van der Waals surface area (Å²) in [4.78, 5) is 13.2. The number of amides is 1. The largest absolute Gasteiger partial charge is 0.385 e. The Morgan fingerprint density at radius 3 is 2.88 bits per heavy atom. The summed E-state index contributed by atoms with van der Waals surface area (Å²) in [5.74, 6) is -0.176. The molecule has 0 saturated carbocycles. The normalized spacial score (nSPS) is 23.2. The van der Waals surface area contributed by atoms with Gasteiger partial charge in [0, 0.05) is 6.54 Å². The molecule has 1 aliphatic heterocycles. The third-order valence-electron chi connectivity index (χ3n) is 2.87. The van der Waals surface area contributed by atoms with Crippen molar-refractivity contribution in [1.29, 1.82) is 0 Å². The van der Waals surface area contributed by atoms with Gasteiger partial charge in [0.25, 0.3) is 6.43 Å². The summed E-state index contributed by atoms with van der Waals surface area (Å²) in [7, 11) is 0. The van der Waals surface area contributed by atoms with Crippen LogP contribution in [0.3, 0.4) is 0 Å². The van der Waals surface area contributed by atoms with Gasteiger partial charge >= 0.3 is 0 Å². The van der Waals surface area contributed by atoms with Crippen LogP contribution in [0, 0.1) is 0 Å². The first-order valence-electron chi connectivity index (χ1n) is 6.04. The fraction of sp³-hybridized carbons (Fsp3) is 0.909. The number of aliphatic hydroxyl groups excluding tert-OH is 1. The molecule has 0 aliphatic carbocycles. The zero-order valence-corrected chi connectivity index (χ0v) is 10.0. The number of carbonyl (C=O) groups excluding carboxylic acids is 1. The van der Waals surface area contributed by atoms with E-state index in [1.54, 1.807) is 0 Å². The van der Waals surface area contributed by atoms with Crippen LogP contribution >= 0.6 is 0 Å². The van der Waals surface area contributed by atoms with Crippen LogP contribution in [-0.2, 0) is 4.79 Å². The van der Waals surface area contributed by atoms with Crippen LogP contribution in [0.4, 0.5) is 8.78 Å². The number of halogens is 2. The molecule has 1 rings (SSSR count). The van der Waals surface area contributed by atoms with E-state index in [-0.39, 0.29) is 18.5 Å². The molecule has 4 nitrogen and oxygen atoms in total. The van der Waals surface area contributed by atoms with E-state index in [0.29, 0.717) is 6.54 Å². The number of β-amino-alcohol motifs (C(OH)–C–C–N with tert-alkyl or cyclic N) is 1. The number of aliphatic hydroxyl groups is 1. The molecular formula is C11H20F2N2O2. The van der Waals surface area contributed by atoms with Crippen LogP contribution in [0.25, 0.3) is 0 Å². The molecule has 0 radical (unpaired) electrons. The number of hydrogen-bond acceptors (Lipinski definition) is 3. The van der Waals surface area contributed by atoms with Crippen molar-refractivity contribution in [2.75, 3.05) is 19.6 Å². The van der Waals surface area contributed by atoms with E-state index in [1.165, 1.54) is 4.90 Å². The lowest BCUT2D eigenvalue weighted by atomic mass is 10.0. The van der Waals surface area contributed by atoms with E-state index in [1.807, 2.05) is 6.92 Å². The summed E-state index contributed by atoms with van der Waals surface area (Å²) in [6, 6.07) is -0.284. The van der Waals surface area contributed by atoms with Crippen molar-refractivity contribution >= 4 is 5.91 Å². The molecular weight excluding hydrogens is 230 g/mol. The second kappa shape index (κ2) is 6.86. The summed E-state index contributed by atoms with van der Waals surface area (Å²) in [6.45, 7) is 2.91. The first-order valence-corrected chi connectivity index (χ1v) is 6.04. The highest BCUT2D eigenvalue weighted by atomic mass is 19.3. The Bertz CT molecular complexity index is 252. The number of nitrogens with one attached hydrogen (secondary N) is 1. The lowest BCUT2D eigenvalue weighted by molar-refractivity contribution is -0.139. The summed E-state index contributed by atoms with van der Waals surface area (Å²) in [6.07, 6.45) is -2.11. The molecule has 17 heavy (non-hydrogen) atoms. The zero-order chi connectivity index (χ0) is 12.8. The van der Waals surface area contributed by atoms with Gasteiger partial charge in [-0.25, -0.2) is 8.78 Å². The Kier molecular flexibility index (Phi) is 5.77. The molecule has 6 heteroatoms. The second-order valence-corrected chi connectivity index (χ2v) is 4.33. The van der Waals surface area contributed by atoms with Gasteiger partial charge in [-0.05, 0) is 25.8 Å². The van der Waals surface area contributed by atoms with E-state index < -0.39 is 12.5 Å². The highest BCUT2D eigenvalue weighted by molar-refractivity contribution is 5.82. The molecule has 1 amide bonds. The smallest absolute Gasteiger partial charge is 0.265 e. The Morgan fingerprint density at radius 2 is 2.29 bits per heavy atom. The molecule has 2 N–H and O–H groups in total. The molecule has 2 atom stereocenters. The monoisotopic (exact) mass is 250 g/mol. The minimum atomic E-state index is -2.80. The summed E-state index contributed by atoms with van der Waals surface area (Å²) in [5, 5.41) is 12.2. The number of piperidine rings is 1. The number of carbonyl (C=O) groups is 1. The van der Waals surface area contributed by atoms with Crippen LogP contribution in [-0.4, -0.2) is 54.1 Å². The Balaban J connectivity index is 2.47. The van der Waals surface area contributed by atoms with Crippen LogP contribution in [0.1, 0.15) is 26.2 Å². The lowest BCUT2D eigenvalue weighted by Gasteiger charge is -2.33. The SMILES string of the molecule is CCCNC1CCCN(CC(O)C(F)F)C1=O. The molecule has 1 saturated heterocycles. The molecule has 1 aliphatic rings. The molecule has 0 aromatic carbocycles. The minimum Gasteiger partial charge on any atom is -0.385 e. The number of alkyl halides is 2. The van der Waals surface area contributed by atoms with Crippen molar-refractivity contribution in [3.8, 4) is 0 Å². The third kappa shape index (κ3) is 4.20. The Labute approximate surface area is 100.0 Å². The van der Waals surface area contributed by atoms with Crippen LogP contribution in [0.15, 0.2) is 0 Å². The number of hydrogen-bond donors (Lipinski definition) is 2. The highest BCUT2D eigenvalue weighted by Gasteiger charge is 2.31. The quantitative estimate of drug-likeness (QED) is 0.726. The third-order valence-corrected chi connectivity index (χ3v) is 2.87. The topological polar surface area (TPSA) is 52.6 Å². The molecule has 0 spiro atoms. The average Bonchev–Trinajstić information content (AvgIpc) is 2.30. The maximum Gasteiger partial charge on any atom is 0.265 e. The van der Waals surface area contributed by atoms with Gasteiger partial charge in [0.15, 0.2) is 0 Å². The maximum atomic E-state index is 12.2. The van der Waals surface area contributed by atoms with E-state index in [2.05, 4.69) is 5.32 Å². The van der Waals surface area contributed by atoms with E-state index in [9.17, 15) is 13.6 Å². The van der Waals surface area contributed by atoms with Gasteiger partial charge in [-0.15, -0.1) is 0 Å². The summed E-state index contributed by atoms with van der Waals surface area (Å²) < 4.78 is 24.4. The molecule has 0 aromatic heterocycles. The fourth-order valence-corrected chi connectivity index (χ4v) is 1.94. The van der Waals surface area contributed by atoms with Gasteiger partial charge in [0.1, 0.15) is 6.10 Å². The first-order chi connectivity index (χ1) is 8.06. The minimum absolute atomic E-state index is 0.176. The van der Waals surface area contributed by atoms with Gasteiger partial charge < -0.3 is 15.3 Å².